The molecule has 0 aliphatic carbocycles. The molecule has 8 nitrogen and oxygen atoms in total. The summed E-state index contributed by atoms with van der Waals surface area (Å²) in [4.78, 5) is 9.93. The average Bonchev–Trinajstić information content (AvgIpc) is 2.90. The van der Waals surface area contributed by atoms with E-state index in [4.69, 9.17) is 10.9 Å². The molecule has 1 aromatic heterocycles. The van der Waals surface area contributed by atoms with Gasteiger partial charge in [-0.3, -0.25) is 10.1 Å². The van der Waals surface area contributed by atoms with Gasteiger partial charge in [-0.2, -0.15) is 5.10 Å². The summed E-state index contributed by atoms with van der Waals surface area (Å²) in [5.41, 5.74) is 5.26. The summed E-state index contributed by atoms with van der Waals surface area (Å²) < 4.78 is 15.2. The van der Waals surface area contributed by atoms with Gasteiger partial charge >= 0.3 is 5.69 Å². The van der Waals surface area contributed by atoms with Gasteiger partial charge in [-0.1, -0.05) is 5.16 Å². The predicted molar refractivity (Wildman–Crippen MR) is 70.4 cm³/mol. The number of nitrogens with zero attached hydrogens (tertiary/aromatic N) is 4. The van der Waals surface area contributed by atoms with E-state index in [9.17, 15) is 14.5 Å². The highest BCUT2D eigenvalue weighted by atomic mass is 79.9. The minimum atomic E-state index is -0.743. The first-order chi connectivity index (χ1) is 9.45. The topological polar surface area (TPSA) is 120 Å². The molecular formula is C10H7BrFN5O3. The molecule has 1 heterocycles. The number of amidine groups is 1. The van der Waals surface area contributed by atoms with E-state index in [0.717, 1.165) is 17.1 Å². The standard InChI is InChI=1S/C10H7BrFN5O3/c11-8-6(10(13)15-18)1-2-7(9(8)12)16-4-5(3-14-16)17(19)20/h1-4,18H,(H2,13,15). The molecular weight excluding hydrogens is 337 g/mol. The van der Waals surface area contributed by atoms with Crippen LogP contribution in [0.3, 0.4) is 0 Å². The Kier molecular flexibility index (Phi) is 3.66. The second-order valence-electron chi connectivity index (χ2n) is 3.65. The molecule has 0 aliphatic heterocycles. The Morgan fingerprint density at radius 2 is 2.30 bits per heavy atom. The van der Waals surface area contributed by atoms with Crippen LogP contribution in [0.5, 0.6) is 0 Å². The number of hydrogen-bond donors (Lipinski definition) is 2. The Balaban J connectivity index is 2.53. The van der Waals surface area contributed by atoms with E-state index in [1.165, 1.54) is 12.1 Å². The maximum atomic E-state index is 14.2. The number of aromatic nitrogens is 2. The number of oxime groups is 1. The summed E-state index contributed by atoms with van der Waals surface area (Å²) in [5, 5.41) is 25.6. The molecule has 2 aromatic rings. The van der Waals surface area contributed by atoms with E-state index < -0.39 is 10.7 Å². The lowest BCUT2D eigenvalue weighted by Gasteiger charge is -2.08. The van der Waals surface area contributed by atoms with Gasteiger partial charge in [0.15, 0.2) is 11.7 Å². The monoisotopic (exact) mass is 343 g/mol. The minimum Gasteiger partial charge on any atom is -0.409 e. The number of nitro groups is 1. The normalized spacial score (nSPS) is 11.6. The minimum absolute atomic E-state index is 0.0144. The molecule has 0 unspecified atom stereocenters. The first kappa shape index (κ1) is 13.9. The zero-order valence-corrected chi connectivity index (χ0v) is 11.3. The molecule has 0 bridgehead atoms. The number of nitrogens with two attached hydrogens (primary N) is 1. The molecule has 104 valence electrons. The molecule has 0 fully saturated rings. The van der Waals surface area contributed by atoms with Crippen LogP contribution in [-0.2, 0) is 0 Å². The fourth-order valence-electron chi connectivity index (χ4n) is 1.51. The lowest BCUT2D eigenvalue weighted by atomic mass is 10.2. The van der Waals surface area contributed by atoms with Gasteiger partial charge in [0.25, 0.3) is 0 Å². The fourth-order valence-corrected chi connectivity index (χ4v) is 2.05. The highest BCUT2D eigenvalue weighted by molar-refractivity contribution is 9.10. The number of benzene rings is 1. The van der Waals surface area contributed by atoms with Gasteiger partial charge in [-0.25, -0.2) is 9.07 Å². The maximum Gasteiger partial charge on any atom is 0.307 e. The van der Waals surface area contributed by atoms with Crippen molar-refractivity contribution in [2.75, 3.05) is 0 Å². The Morgan fingerprint density at radius 3 is 2.85 bits per heavy atom. The quantitative estimate of drug-likeness (QED) is 0.289. The zero-order valence-electron chi connectivity index (χ0n) is 9.70. The third-order valence-electron chi connectivity index (χ3n) is 2.47. The number of rotatable bonds is 3. The first-order valence-electron chi connectivity index (χ1n) is 5.11. The number of halogens is 2. The van der Waals surface area contributed by atoms with Crippen LogP contribution in [-0.4, -0.2) is 25.7 Å². The molecule has 2 rings (SSSR count). The summed E-state index contributed by atoms with van der Waals surface area (Å²) in [6, 6.07) is 2.70. The summed E-state index contributed by atoms with van der Waals surface area (Å²) in [7, 11) is 0. The molecule has 20 heavy (non-hydrogen) atoms. The lowest BCUT2D eigenvalue weighted by molar-refractivity contribution is -0.384. The largest absolute Gasteiger partial charge is 0.409 e. The van der Waals surface area contributed by atoms with Gasteiger partial charge in [0, 0.05) is 5.56 Å². The highest BCUT2D eigenvalue weighted by Crippen LogP contribution is 2.26. The van der Waals surface area contributed by atoms with Crippen LogP contribution < -0.4 is 5.73 Å². The van der Waals surface area contributed by atoms with Gasteiger partial charge in [0.1, 0.15) is 18.1 Å². The molecule has 0 spiro atoms. The van der Waals surface area contributed by atoms with Crippen LogP contribution in [0.25, 0.3) is 5.69 Å². The first-order valence-corrected chi connectivity index (χ1v) is 5.90. The fraction of sp³-hybridized carbons (Fsp3) is 0. The van der Waals surface area contributed by atoms with Crippen molar-refractivity contribution in [2.24, 2.45) is 10.9 Å². The Bertz CT molecular complexity index is 715. The molecule has 10 heteroatoms. The van der Waals surface area contributed by atoms with Gasteiger partial charge < -0.3 is 10.9 Å². The van der Waals surface area contributed by atoms with Gasteiger partial charge in [-0.05, 0) is 28.1 Å². The summed E-state index contributed by atoms with van der Waals surface area (Å²) in [6.45, 7) is 0. The van der Waals surface area contributed by atoms with Gasteiger partial charge in [0.2, 0.25) is 0 Å². The van der Waals surface area contributed by atoms with Crippen LogP contribution in [0.2, 0.25) is 0 Å². The van der Waals surface area contributed by atoms with Crippen LogP contribution in [0, 0.1) is 15.9 Å². The van der Waals surface area contributed by atoms with E-state index in [1.807, 2.05) is 0 Å². The van der Waals surface area contributed by atoms with Crippen molar-refractivity contribution in [1.82, 2.24) is 9.78 Å². The van der Waals surface area contributed by atoms with Crippen LogP contribution in [0.1, 0.15) is 5.56 Å². The lowest BCUT2D eigenvalue weighted by Crippen LogP contribution is -2.15. The van der Waals surface area contributed by atoms with Gasteiger partial charge in [-0.15, -0.1) is 0 Å². The summed E-state index contributed by atoms with van der Waals surface area (Å²) in [6.07, 6.45) is 2.08. The van der Waals surface area contributed by atoms with Crippen molar-refractivity contribution >= 4 is 27.5 Å². The second kappa shape index (κ2) is 5.25. The molecule has 0 atom stereocenters. The van der Waals surface area contributed by atoms with Crippen molar-refractivity contribution in [3.05, 3.63) is 50.5 Å². The van der Waals surface area contributed by atoms with E-state index >= 15 is 0 Å². The molecule has 0 saturated carbocycles. The summed E-state index contributed by atoms with van der Waals surface area (Å²) in [5.74, 6) is -1.01. The second-order valence-corrected chi connectivity index (χ2v) is 4.44. The Morgan fingerprint density at radius 1 is 1.60 bits per heavy atom. The molecule has 0 aliphatic rings. The third kappa shape index (κ3) is 2.32. The third-order valence-corrected chi connectivity index (χ3v) is 3.25. The van der Waals surface area contributed by atoms with Crippen LogP contribution >= 0.6 is 15.9 Å². The Hall–Kier alpha value is -2.49. The maximum absolute atomic E-state index is 14.2. The van der Waals surface area contributed by atoms with Crippen LogP contribution in [0.15, 0.2) is 34.2 Å². The van der Waals surface area contributed by atoms with E-state index in [-0.39, 0.29) is 27.2 Å². The molecule has 0 saturated heterocycles. The summed E-state index contributed by atoms with van der Waals surface area (Å²) >= 11 is 2.98. The molecule has 1 aromatic carbocycles. The molecule has 3 N–H and O–H groups in total. The van der Waals surface area contributed by atoms with E-state index in [1.54, 1.807) is 0 Å². The average molecular weight is 344 g/mol. The van der Waals surface area contributed by atoms with E-state index in [0.29, 0.717) is 0 Å². The highest BCUT2D eigenvalue weighted by Gasteiger charge is 2.17. The SMILES string of the molecule is N/C(=N/O)c1ccc(-n2cc([N+](=O)[O-])cn2)c(F)c1Br. The number of hydrogen-bond acceptors (Lipinski definition) is 5. The smallest absolute Gasteiger partial charge is 0.307 e. The van der Waals surface area contributed by atoms with E-state index in [2.05, 4.69) is 26.2 Å². The Labute approximate surface area is 119 Å². The molecule has 0 radical (unpaired) electrons. The van der Waals surface area contributed by atoms with Crippen molar-refractivity contribution in [3.63, 3.8) is 0 Å². The van der Waals surface area contributed by atoms with Crippen LogP contribution in [0.4, 0.5) is 10.1 Å². The van der Waals surface area contributed by atoms with Crippen molar-refractivity contribution < 1.29 is 14.5 Å². The van der Waals surface area contributed by atoms with Crippen molar-refractivity contribution in [3.8, 4) is 5.69 Å². The van der Waals surface area contributed by atoms with Crippen molar-refractivity contribution in [1.29, 1.82) is 0 Å². The van der Waals surface area contributed by atoms with Gasteiger partial charge in [0.05, 0.1) is 9.40 Å². The predicted octanol–water partition coefficient (Wildman–Crippen LogP) is 1.78. The molecule has 0 amide bonds. The van der Waals surface area contributed by atoms with Crippen molar-refractivity contribution in [2.45, 2.75) is 0 Å². The zero-order chi connectivity index (χ0) is 14.9.